The fourth-order valence-electron chi connectivity index (χ4n) is 4.02. The molecule has 3 aromatic heterocycles. The summed E-state index contributed by atoms with van der Waals surface area (Å²) in [6, 6.07) is 6.60. The Bertz CT molecular complexity index is 897. The number of nitrogens with zero attached hydrogens (tertiary/aromatic N) is 6. The number of hydrogen-bond donors (Lipinski definition) is 0. The second-order valence-corrected chi connectivity index (χ2v) is 6.78. The topological polar surface area (TPSA) is 58.0 Å². The van der Waals surface area contributed by atoms with Crippen LogP contribution < -0.4 is 4.90 Å². The van der Waals surface area contributed by atoms with Crippen molar-refractivity contribution < 1.29 is 0 Å². The quantitative estimate of drug-likeness (QED) is 0.718. The van der Waals surface area contributed by atoms with E-state index in [2.05, 4.69) is 19.8 Å². The van der Waals surface area contributed by atoms with Gasteiger partial charge in [-0.2, -0.15) is 0 Å². The average molecular weight is 332 g/mol. The van der Waals surface area contributed by atoms with E-state index in [1.165, 1.54) is 19.4 Å². The van der Waals surface area contributed by atoms with E-state index in [9.17, 15) is 0 Å². The minimum atomic E-state index is 0.657. The summed E-state index contributed by atoms with van der Waals surface area (Å²) in [5.74, 6) is 1.78. The van der Waals surface area contributed by atoms with Gasteiger partial charge in [0.2, 0.25) is 0 Å². The van der Waals surface area contributed by atoms with Crippen LogP contribution in [-0.2, 0) is 0 Å². The first-order chi connectivity index (χ1) is 12.4. The van der Waals surface area contributed by atoms with Crippen LogP contribution in [-0.4, -0.2) is 57.1 Å². The molecule has 1 atom stereocenters. The standard InChI is InChI=1S/C19H20N6/c1-2-15-13-25(11-10-24(15)9-1)19-16-5-8-21-12-17(16)22-18(23-19)14-3-6-20-7-4-14/h3-8,12,15H,1-2,9-11,13H2/t15-/m1/s1. The van der Waals surface area contributed by atoms with E-state index in [1.807, 2.05) is 30.6 Å². The maximum Gasteiger partial charge on any atom is 0.162 e. The highest BCUT2D eigenvalue weighted by molar-refractivity contribution is 5.90. The first kappa shape index (κ1) is 14.7. The van der Waals surface area contributed by atoms with E-state index in [1.54, 1.807) is 12.4 Å². The van der Waals surface area contributed by atoms with Crippen molar-refractivity contribution in [3.05, 3.63) is 43.0 Å². The van der Waals surface area contributed by atoms with Crippen molar-refractivity contribution in [2.24, 2.45) is 0 Å². The van der Waals surface area contributed by atoms with Crippen LogP contribution in [0.25, 0.3) is 22.3 Å². The third kappa shape index (κ3) is 2.62. The number of rotatable bonds is 2. The predicted octanol–water partition coefficient (Wildman–Crippen LogP) is 2.37. The Kier molecular flexibility index (Phi) is 3.56. The molecule has 0 unspecified atom stereocenters. The molecule has 0 radical (unpaired) electrons. The molecule has 0 amide bonds. The number of anilines is 1. The highest BCUT2D eigenvalue weighted by atomic mass is 15.3. The third-order valence-electron chi connectivity index (χ3n) is 5.30. The maximum atomic E-state index is 4.95. The molecular weight excluding hydrogens is 312 g/mol. The van der Waals surface area contributed by atoms with Crippen LogP contribution in [0.5, 0.6) is 0 Å². The highest BCUT2D eigenvalue weighted by Gasteiger charge is 2.31. The Labute approximate surface area is 146 Å². The molecule has 0 aliphatic carbocycles. The van der Waals surface area contributed by atoms with Crippen LogP contribution in [0.15, 0.2) is 43.0 Å². The van der Waals surface area contributed by atoms with Crippen LogP contribution >= 0.6 is 0 Å². The summed E-state index contributed by atoms with van der Waals surface area (Å²) in [4.78, 5) is 23.1. The molecule has 5 rings (SSSR count). The van der Waals surface area contributed by atoms with E-state index in [0.29, 0.717) is 6.04 Å². The van der Waals surface area contributed by atoms with E-state index < -0.39 is 0 Å². The fraction of sp³-hybridized carbons (Fsp3) is 0.368. The zero-order chi connectivity index (χ0) is 16.6. The van der Waals surface area contributed by atoms with Gasteiger partial charge in [-0.25, -0.2) is 9.97 Å². The van der Waals surface area contributed by atoms with Gasteiger partial charge >= 0.3 is 0 Å². The highest BCUT2D eigenvalue weighted by Crippen LogP contribution is 2.30. The van der Waals surface area contributed by atoms with Gasteiger partial charge < -0.3 is 4.90 Å². The molecule has 3 aromatic rings. The van der Waals surface area contributed by atoms with Gasteiger partial charge in [-0.1, -0.05) is 0 Å². The van der Waals surface area contributed by atoms with Crippen LogP contribution in [0.3, 0.4) is 0 Å². The van der Waals surface area contributed by atoms with Crippen LogP contribution in [0.2, 0.25) is 0 Å². The number of pyridine rings is 2. The van der Waals surface area contributed by atoms with Crippen molar-refractivity contribution in [1.82, 2.24) is 24.8 Å². The van der Waals surface area contributed by atoms with Gasteiger partial charge in [-0.3, -0.25) is 14.9 Å². The number of piperazine rings is 1. The lowest BCUT2D eigenvalue weighted by molar-refractivity contribution is 0.230. The molecular formula is C19H20N6. The number of fused-ring (bicyclic) bond motifs is 2. The van der Waals surface area contributed by atoms with Gasteiger partial charge in [0.15, 0.2) is 5.82 Å². The van der Waals surface area contributed by atoms with Gasteiger partial charge in [0.05, 0.1) is 11.7 Å². The van der Waals surface area contributed by atoms with Gasteiger partial charge in [-0.15, -0.1) is 0 Å². The Morgan fingerprint density at radius 1 is 0.920 bits per heavy atom. The van der Waals surface area contributed by atoms with Crippen molar-refractivity contribution in [2.75, 3.05) is 31.1 Å². The molecule has 2 saturated heterocycles. The van der Waals surface area contributed by atoms with Gasteiger partial charge in [0.1, 0.15) is 5.82 Å². The lowest BCUT2D eigenvalue weighted by atomic mass is 10.1. The van der Waals surface area contributed by atoms with Gasteiger partial charge in [0.25, 0.3) is 0 Å². The van der Waals surface area contributed by atoms with Crippen molar-refractivity contribution in [3.63, 3.8) is 0 Å². The van der Waals surface area contributed by atoms with Crippen molar-refractivity contribution in [3.8, 4) is 11.4 Å². The maximum absolute atomic E-state index is 4.95. The lowest BCUT2D eigenvalue weighted by Gasteiger charge is -2.38. The van der Waals surface area contributed by atoms with E-state index in [-0.39, 0.29) is 0 Å². The van der Waals surface area contributed by atoms with Crippen LogP contribution in [0.1, 0.15) is 12.8 Å². The largest absolute Gasteiger partial charge is 0.353 e. The lowest BCUT2D eigenvalue weighted by Crippen LogP contribution is -2.50. The molecule has 126 valence electrons. The first-order valence-corrected chi connectivity index (χ1v) is 8.90. The second-order valence-electron chi connectivity index (χ2n) is 6.78. The van der Waals surface area contributed by atoms with E-state index >= 15 is 0 Å². The molecule has 0 bridgehead atoms. The molecule has 25 heavy (non-hydrogen) atoms. The normalized spacial score (nSPS) is 20.8. The van der Waals surface area contributed by atoms with Gasteiger partial charge in [-0.05, 0) is 37.6 Å². The average Bonchev–Trinajstić information content (AvgIpc) is 3.15. The van der Waals surface area contributed by atoms with E-state index in [0.717, 1.165) is 47.7 Å². The molecule has 0 N–H and O–H groups in total. The molecule has 0 spiro atoms. The van der Waals surface area contributed by atoms with Crippen molar-refractivity contribution >= 4 is 16.7 Å². The summed E-state index contributed by atoms with van der Waals surface area (Å²) in [6.07, 6.45) is 9.82. The second kappa shape index (κ2) is 6.04. The third-order valence-corrected chi connectivity index (χ3v) is 5.30. The molecule has 0 saturated carbocycles. The molecule has 2 aliphatic heterocycles. The Morgan fingerprint density at radius 3 is 2.72 bits per heavy atom. The zero-order valence-corrected chi connectivity index (χ0v) is 14.0. The van der Waals surface area contributed by atoms with Gasteiger partial charge in [0, 0.05) is 55.2 Å². The Hall–Kier alpha value is -2.60. The minimum absolute atomic E-state index is 0.657. The summed E-state index contributed by atoms with van der Waals surface area (Å²) < 4.78 is 0. The summed E-state index contributed by atoms with van der Waals surface area (Å²) in [5, 5.41) is 1.08. The fourth-order valence-corrected chi connectivity index (χ4v) is 4.02. The van der Waals surface area contributed by atoms with Crippen molar-refractivity contribution in [2.45, 2.75) is 18.9 Å². The first-order valence-electron chi connectivity index (χ1n) is 8.90. The van der Waals surface area contributed by atoms with E-state index in [4.69, 9.17) is 9.97 Å². The van der Waals surface area contributed by atoms with Crippen LogP contribution in [0, 0.1) is 0 Å². The number of hydrogen-bond acceptors (Lipinski definition) is 6. The van der Waals surface area contributed by atoms with Crippen molar-refractivity contribution in [1.29, 1.82) is 0 Å². The van der Waals surface area contributed by atoms with Crippen LogP contribution in [0.4, 0.5) is 5.82 Å². The summed E-state index contributed by atoms with van der Waals surface area (Å²) in [5.41, 5.74) is 1.88. The molecule has 2 fully saturated rings. The molecule has 0 aromatic carbocycles. The predicted molar refractivity (Wildman–Crippen MR) is 97.4 cm³/mol. The molecule has 6 heteroatoms. The molecule has 2 aliphatic rings. The monoisotopic (exact) mass is 332 g/mol. The molecule has 6 nitrogen and oxygen atoms in total. The number of aromatic nitrogens is 4. The SMILES string of the molecule is c1cc(-c2nc(N3CCN4CCC[C@@H]4C3)c3ccncc3n2)ccn1. The smallest absolute Gasteiger partial charge is 0.162 e. The zero-order valence-electron chi connectivity index (χ0n) is 14.0. The summed E-state index contributed by atoms with van der Waals surface area (Å²) in [7, 11) is 0. The Balaban J connectivity index is 1.61. The Morgan fingerprint density at radius 2 is 1.80 bits per heavy atom. The summed E-state index contributed by atoms with van der Waals surface area (Å²) >= 11 is 0. The minimum Gasteiger partial charge on any atom is -0.353 e. The molecule has 5 heterocycles. The summed E-state index contributed by atoms with van der Waals surface area (Å²) in [6.45, 7) is 4.42.